The van der Waals surface area contributed by atoms with Crippen molar-refractivity contribution in [1.29, 1.82) is 0 Å². The normalized spacial score (nSPS) is 15.0. The second kappa shape index (κ2) is 9.90. The first kappa shape index (κ1) is 19.1. The third-order valence-corrected chi connectivity index (χ3v) is 4.60. The SMILES string of the molecule is CCNC(=NCc1ccc(OC2CCCC2)c(OC)c1)NCc1ccco1. The smallest absolute Gasteiger partial charge is 0.191 e. The van der Waals surface area contributed by atoms with Gasteiger partial charge in [0.2, 0.25) is 0 Å². The van der Waals surface area contributed by atoms with E-state index in [9.17, 15) is 0 Å². The molecule has 0 spiro atoms. The van der Waals surface area contributed by atoms with Crippen molar-refractivity contribution in [2.75, 3.05) is 13.7 Å². The van der Waals surface area contributed by atoms with Crippen molar-refractivity contribution >= 4 is 5.96 Å². The highest BCUT2D eigenvalue weighted by molar-refractivity contribution is 5.79. The molecule has 0 saturated heterocycles. The molecule has 0 amide bonds. The summed E-state index contributed by atoms with van der Waals surface area (Å²) in [6.45, 7) is 3.98. The van der Waals surface area contributed by atoms with Crippen molar-refractivity contribution < 1.29 is 13.9 Å². The van der Waals surface area contributed by atoms with E-state index in [1.807, 2.05) is 37.3 Å². The maximum Gasteiger partial charge on any atom is 0.191 e. The summed E-state index contributed by atoms with van der Waals surface area (Å²) in [5, 5.41) is 6.52. The number of ether oxygens (including phenoxy) is 2. The van der Waals surface area contributed by atoms with Crippen LogP contribution < -0.4 is 20.1 Å². The number of guanidine groups is 1. The molecule has 0 aliphatic heterocycles. The molecule has 1 fully saturated rings. The topological polar surface area (TPSA) is 68.0 Å². The van der Waals surface area contributed by atoms with Gasteiger partial charge in [-0.3, -0.25) is 0 Å². The lowest BCUT2D eigenvalue weighted by atomic mass is 10.2. The van der Waals surface area contributed by atoms with Crippen molar-refractivity contribution in [2.45, 2.75) is 51.8 Å². The third kappa shape index (κ3) is 5.67. The van der Waals surface area contributed by atoms with E-state index in [2.05, 4.69) is 15.6 Å². The lowest BCUT2D eigenvalue weighted by Gasteiger charge is -2.16. The molecule has 0 atom stereocenters. The molecule has 1 aromatic carbocycles. The Bertz CT molecular complexity index is 722. The van der Waals surface area contributed by atoms with Crippen LogP contribution in [0.1, 0.15) is 43.9 Å². The van der Waals surface area contributed by atoms with Crippen molar-refractivity contribution in [1.82, 2.24) is 10.6 Å². The van der Waals surface area contributed by atoms with E-state index in [1.165, 1.54) is 12.8 Å². The van der Waals surface area contributed by atoms with Crippen molar-refractivity contribution in [3.05, 3.63) is 47.9 Å². The summed E-state index contributed by atoms with van der Waals surface area (Å²) in [6, 6.07) is 9.86. The Morgan fingerprint density at radius 2 is 2.04 bits per heavy atom. The zero-order chi connectivity index (χ0) is 18.9. The molecule has 2 aromatic rings. The minimum Gasteiger partial charge on any atom is -0.493 e. The largest absolute Gasteiger partial charge is 0.493 e. The molecule has 0 radical (unpaired) electrons. The fourth-order valence-electron chi connectivity index (χ4n) is 3.19. The molecule has 0 unspecified atom stereocenters. The molecule has 6 heteroatoms. The Morgan fingerprint density at radius 1 is 1.19 bits per heavy atom. The van der Waals surface area contributed by atoms with Crippen molar-refractivity contribution in [2.24, 2.45) is 4.99 Å². The Labute approximate surface area is 161 Å². The van der Waals surface area contributed by atoms with E-state index in [4.69, 9.17) is 13.9 Å². The second-order valence-electron chi connectivity index (χ2n) is 6.64. The number of aliphatic imine (C=N–C) groups is 1. The summed E-state index contributed by atoms with van der Waals surface area (Å²) in [5.74, 6) is 3.21. The Hall–Kier alpha value is -2.63. The van der Waals surface area contributed by atoms with Crippen LogP contribution in [0.2, 0.25) is 0 Å². The number of furan rings is 1. The minimum atomic E-state index is 0.314. The fraction of sp³-hybridized carbons (Fsp3) is 0.476. The highest BCUT2D eigenvalue weighted by Gasteiger charge is 2.18. The summed E-state index contributed by atoms with van der Waals surface area (Å²) in [7, 11) is 1.68. The zero-order valence-electron chi connectivity index (χ0n) is 16.2. The van der Waals surface area contributed by atoms with Gasteiger partial charge in [-0.1, -0.05) is 6.07 Å². The quantitative estimate of drug-likeness (QED) is 0.545. The first-order valence-electron chi connectivity index (χ1n) is 9.66. The highest BCUT2D eigenvalue weighted by Crippen LogP contribution is 2.32. The van der Waals surface area contributed by atoms with E-state index < -0.39 is 0 Å². The number of hydrogen-bond acceptors (Lipinski definition) is 4. The van der Waals surface area contributed by atoms with Crippen LogP contribution >= 0.6 is 0 Å². The summed E-state index contributed by atoms with van der Waals surface area (Å²) < 4.78 is 17.0. The Kier molecular flexibility index (Phi) is 7.02. The summed E-state index contributed by atoms with van der Waals surface area (Å²) in [6.07, 6.45) is 6.73. The maximum atomic E-state index is 6.10. The van der Waals surface area contributed by atoms with Gasteiger partial charge in [0.15, 0.2) is 17.5 Å². The van der Waals surface area contributed by atoms with Crippen LogP contribution in [-0.2, 0) is 13.1 Å². The number of nitrogens with zero attached hydrogens (tertiary/aromatic N) is 1. The molecule has 1 aromatic heterocycles. The average molecular weight is 371 g/mol. The molecule has 1 aliphatic carbocycles. The van der Waals surface area contributed by atoms with Gasteiger partial charge in [0.1, 0.15) is 5.76 Å². The average Bonchev–Trinajstić information content (AvgIpc) is 3.39. The van der Waals surface area contributed by atoms with Gasteiger partial charge in [0.25, 0.3) is 0 Å². The monoisotopic (exact) mass is 371 g/mol. The minimum absolute atomic E-state index is 0.314. The molecule has 1 saturated carbocycles. The van der Waals surface area contributed by atoms with Crippen LogP contribution in [0.3, 0.4) is 0 Å². The molecular formula is C21H29N3O3. The van der Waals surface area contributed by atoms with Gasteiger partial charge in [0.05, 0.1) is 32.6 Å². The highest BCUT2D eigenvalue weighted by atomic mass is 16.5. The fourth-order valence-corrected chi connectivity index (χ4v) is 3.19. The number of benzene rings is 1. The van der Waals surface area contributed by atoms with Crippen LogP contribution in [0.4, 0.5) is 0 Å². The van der Waals surface area contributed by atoms with Gasteiger partial charge in [-0.2, -0.15) is 0 Å². The Balaban J connectivity index is 1.62. The molecular weight excluding hydrogens is 342 g/mol. The first-order chi connectivity index (χ1) is 13.3. The van der Waals surface area contributed by atoms with Gasteiger partial charge >= 0.3 is 0 Å². The van der Waals surface area contributed by atoms with Crippen LogP contribution in [0.5, 0.6) is 11.5 Å². The zero-order valence-corrected chi connectivity index (χ0v) is 16.2. The molecule has 27 heavy (non-hydrogen) atoms. The van der Waals surface area contributed by atoms with Gasteiger partial charge in [-0.15, -0.1) is 0 Å². The third-order valence-electron chi connectivity index (χ3n) is 4.60. The second-order valence-corrected chi connectivity index (χ2v) is 6.64. The van der Waals surface area contributed by atoms with Gasteiger partial charge in [0, 0.05) is 6.54 Å². The Morgan fingerprint density at radius 3 is 2.74 bits per heavy atom. The lowest BCUT2D eigenvalue weighted by Crippen LogP contribution is -2.36. The summed E-state index contributed by atoms with van der Waals surface area (Å²) in [5.41, 5.74) is 1.07. The maximum absolute atomic E-state index is 6.10. The van der Waals surface area contributed by atoms with Crippen molar-refractivity contribution in [3.8, 4) is 11.5 Å². The van der Waals surface area contributed by atoms with E-state index >= 15 is 0 Å². The predicted octanol–water partition coefficient (Wildman–Crippen LogP) is 3.86. The van der Waals surface area contributed by atoms with E-state index in [0.29, 0.717) is 19.2 Å². The molecule has 1 aliphatic rings. The van der Waals surface area contributed by atoms with Gasteiger partial charge < -0.3 is 24.5 Å². The van der Waals surface area contributed by atoms with Gasteiger partial charge in [-0.25, -0.2) is 4.99 Å². The van der Waals surface area contributed by atoms with Crippen LogP contribution in [0.15, 0.2) is 46.0 Å². The molecule has 1 heterocycles. The molecule has 6 nitrogen and oxygen atoms in total. The van der Waals surface area contributed by atoms with Crippen LogP contribution in [-0.4, -0.2) is 25.7 Å². The van der Waals surface area contributed by atoms with E-state index in [-0.39, 0.29) is 0 Å². The summed E-state index contributed by atoms with van der Waals surface area (Å²) >= 11 is 0. The number of rotatable bonds is 8. The van der Waals surface area contributed by atoms with Crippen molar-refractivity contribution in [3.63, 3.8) is 0 Å². The predicted molar refractivity (Wildman–Crippen MR) is 106 cm³/mol. The number of hydrogen-bond donors (Lipinski definition) is 2. The summed E-state index contributed by atoms with van der Waals surface area (Å²) in [4.78, 5) is 4.65. The van der Waals surface area contributed by atoms with E-state index in [1.54, 1.807) is 13.4 Å². The number of methoxy groups -OCH3 is 1. The van der Waals surface area contributed by atoms with E-state index in [0.717, 1.165) is 48.2 Å². The molecule has 2 N–H and O–H groups in total. The van der Waals surface area contributed by atoms with Crippen LogP contribution in [0.25, 0.3) is 0 Å². The molecule has 3 rings (SSSR count). The standard InChI is InChI=1S/C21H29N3O3/c1-3-22-21(24-15-18-9-6-12-26-18)23-14-16-10-11-19(20(13-16)25-2)27-17-7-4-5-8-17/h6,9-13,17H,3-5,7-8,14-15H2,1-2H3,(H2,22,23,24). The first-order valence-corrected chi connectivity index (χ1v) is 9.66. The van der Waals surface area contributed by atoms with Crippen LogP contribution in [0, 0.1) is 0 Å². The molecule has 0 bridgehead atoms. The number of nitrogens with one attached hydrogen (secondary N) is 2. The molecule has 146 valence electrons. The lowest BCUT2D eigenvalue weighted by molar-refractivity contribution is 0.200. The van der Waals surface area contributed by atoms with Gasteiger partial charge in [-0.05, 0) is 62.4 Å².